The maximum Gasteiger partial charge on any atom is 0.194 e. The smallest absolute Gasteiger partial charge is 0.194 e. The second kappa shape index (κ2) is 9.45. The molecule has 1 aliphatic rings. The molecule has 4 rings (SSSR count). The fraction of sp³-hybridized carbons (Fsp3) is 0.391. The number of para-hydroxylation sites is 1. The third kappa shape index (κ3) is 4.70. The molecule has 0 atom stereocenters. The van der Waals surface area contributed by atoms with Crippen LogP contribution in [0.2, 0.25) is 0 Å². The van der Waals surface area contributed by atoms with Crippen molar-refractivity contribution in [1.82, 2.24) is 20.2 Å². The molecule has 2 N–H and O–H groups in total. The highest BCUT2D eigenvalue weighted by atomic mass is 15.4. The van der Waals surface area contributed by atoms with E-state index < -0.39 is 0 Å². The van der Waals surface area contributed by atoms with Crippen molar-refractivity contribution in [3.63, 3.8) is 0 Å². The molecule has 1 aliphatic heterocycles. The number of H-pyrrole nitrogens is 1. The van der Waals surface area contributed by atoms with Gasteiger partial charge in [0.2, 0.25) is 0 Å². The Morgan fingerprint density at radius 3 is 2.72 bits per heavy atom. The lowest BCUT2D eigenvalue weighted by molar-refractivity contribution is 0.371. The number of aromatic nitrogens is 2. The van der Waals surface area contributed by atoms with Gasteiger partial charge in [-0.25, -0.2) is 4.98 Å². The van der Waals surface area contributed by atoms with Gasteiger partial charge in [0.25, 0.3) is 0 Å². The lowest BCUT2D eigenvalue weighted by atomic mass is 10.1. The molecule has 0 bridgehead atoms. The number of piperazine rings is 1. The minimum Gasteiger partial charge on any atom is -0.361 e. The van der Waals surface area contributed by atoms with Gasteiger partial charge in [-0.05, 0) is 43.5 Å². The summed E-state index contributed by atoms with van der Waals surface area (Å²) in [6.45, 7) is 7.72. The number of pyridine rings is 1. The van der Waals surface area contributed by atoms with E-state index in [9.17, 15) is 0 Å². The van der Waals surface area contributed by atoms with Crippen molar-refractivity contribution in [2.45, 2.75) is 19.8 Å². The molecule has 6 nitrogen and oxygen atoms in total. The maximum atomic E-state index is 4.90. The van der Waals surface area contributed by atoms with Crippen molar-refractivity contribution in [3.05, 3.63) is 60.4 Å². The third-order valence-electron chi connectivity index (χ3n) is 5.43. The average molecular weight is 391 g/mol. The Labute approximate surface area is 172 Å². The minimum atomic E-state index is 0.836. The first-order chi connectivity index (χ1) is 14.3. The molecule has 0 amide bonds. The fourth-order valence-corrected chi connectivity index (χ4v) is 3.91. The Balaban J connectivity index is 1.31. The largest absolute Gasteiger partial charge is 0.361 e. The van der Waals surface area contributed by atoms with Crippen LogP contribution < -0.4 is 10.2 Å². The molecule has 0 saturated carbocycles. The summed E-state index contributed by atoms with van der Waals surface area (Å²) >= 11 is 0. The van der Waals surface area contributed by atoms with E-state index in [0.29, 0.717) is 0 Å². The zero-order valence-corrected chi connectivity index (χ0v) is 17.1. The number of rotatable bonds is 6. The predicted octanol–water partition coefficient (Wildman–Crippen LogP) is 3.28. The van der Waals surface area contributed by atoms with Gasteiger partial charge >= 0.3 is 0 Å². The van der Waals surface area contributed by atoms with Crippen molar-refractivity contribution in [2.75, 3.05) is 44.2 Å². The van der Waals surface area contributed by atoms with Gasteiger partial charge in [0, 0.05) is 62.6 Å². The van der Waals surface area contributed by atoms with Crippen molar-refractivity contribution in [3.8, 4) is 0 Å². The lowest BCUT2D eigenvalue weighted by Crippen LogP contribution is -2.52. The van der Waals surface area contributed by atoms with Crippen molar-refractivity contribution in [1.29, 1.82) is 0 Å². The maximum absolute atomic E-state index is 4.90. The first kappa shape index (κ1) is 19.3. The van der Waals surface area contributed by atoms with Gasteiger partial charge in [0.05, 0.1) is 0 Å². The van der Waals surface area contributed by atoms with Crippen LogP contribution in [0.4, 0.5) is 5.82 Å². The Morgan fingerprint density at radius 2 is 1.93 bits per heavy atom. The Morgan fingerprint density at radius 1 is 1.10 bits per heavy atom. The number of hydrogen-bond acceptors (Lipinski definition) is 3. The topological polar surface area (TPSA) is 59.6 Å². The van der Waals surface area contributed by atoms with Crippen LogP contribution in [0.3, 0.4) is 0 Å². The summed E-state index contributed by atoms with van der Waals surface area (Å²) in [7, 11) is 0. The van der Waals surface area contributed by atoms with Crippen LogP contribution >= 0.6 is 0 Å². The number of hydrogen-bond donors (Lipinski definition) is 2. The van der Waals surface area contributed by atoms with E-state index in [0.717, 1.165) is 63.9 Å². The molecule has 0 radical (unpaired) electrons. The Hall–Kier alpha value is -3.02. The Kier molecular flexibility index (Phi) is 6.29. The van der Waals surface area contributed by atoms with Gasteiger partial charge in [-0.15, -0.1) is 0 Å². The van der Waals surface area contributed by atoms with Gasteiger partial charge in [-0.3, -0.25) is 4.99 Å². The van der Waals surface area contributed by atoms with E-state index in [-0.39, 0.29) is 0 Å². The number of aromatic amines is 1. The average Bonchev–Trinajstić information content (AvgIpc) is 3.20. The number of anilines is 1. The fourth-order valence-electron chi connectivity index (χ4n) is 3.91. The number of aryl methyl sites for hydroxylation is 1. The molecule has 0 spiro atoms. The zero-order valence-electron chi connectivity index (χ0n) is 17.1. The summed E-state index contributed by atoms with van der Waals surface area (Å²) in [5.74, 6) is 2.10. The molecule has 6 heteroatoms. The van der Waals surface area contributed by atoms with Gasteiger partial charge < -0.3 is 20.1 Å². The van der Waals surface area contributed by atoms with Crippen LogP contribution in [-0.4, -0.2) is 60.1 Å². The first-order valence-electron chi connectivity index (χ1n) is 10.6. The molecule has 29 heavy (non-hydrogen) atoms. The van der Waals surface area contributed by atoms with Crippen LogP contribution in [0, 0.1) is 0 Å². The number of nitrogens with one attached hydrogen (secondary N) is 2. The molecular formula is C23H30N6. The highest BCUT2D eigenvalue weighted by Crippen LogP contribution is 2.19. The molecule has 1 aromatic carbocycles. The van der Waals surface area contributed by atoms with Crippen molar-refractivity contribution in [2.24, 2.45) is 4.99 Å². The summed E-state index contributed by atoms with van der Waals surface area (Å²) in [6.07, 6.45) is 6.09. The second-order valence-corrected chi connectivity index (χ2v) is 7.36. The quantitative estimate of drug-likeness (QED) is 0.385. The lowest BCUT2D eigenvalue weighted by Gasteiger charge is -2.37. The van der Waals surface area contributed by atoms with E-state index >= 15 is 0 Å². The summed E-state index contributed by atoms with van der Waals surface area (Å²) in [5, 5.41) is 4.79. The van der Waals surface area contributed by atoms with Crippen LogP contribution in [0.25, 0.3) is 10.9 Å². The number of benzene rings is 1. The second-order valence-electron chi connectivity index (χ2n) is 7.36. The van der Waals surface area contributed by atoms with E-state index in [1.165, 1.54) is 16.5 Å². The Bertz CT molecular complexity index is 925. The molecule has 2 aromatic heterocycles. The van der Waals surface area contributed by atoms with Gasteiger partial charge in [0.1, 0.15) is 5.82 Å². The molecule has 0 unspecified atom stereocenters. The molecule has 0 aliphatic carbocycles. The van der Waals surface area contributed by atoms with E-state index in [2.05, 4.69) is 68.5 Å². The summed E-state index contributed by atoms with van der Waals surface area (Å²) in [6, 6.07) is 14.6. The van der Waals surface area contributed by atoms with E-state index in [1.54, 1.807) is 0 Å². The normalized spacial score (nSPS) is 15.1. The standard InChI is InChI=1S/C23H30N6/c1-2-24-23(29-16-14-28(15-17-29)22-11-5-6-12-25-22)26-13-7-8-19-18-27-21-10-4-3-9-20(19)21/h3-6,9-12,18,27H,2,7-8,13-17H2,1H3,(H,24,26). The number of nitrogens with zero attached hydrogens (tertiary/aromatic N) is 4. The third-order valence-corrected chi connectivity index (χ3v) is 5.43. The minimum absolute atomic E-state index is 0.836. The number of guanidine groups is 1. The summed E-state index contributed by atoms with van der Waals surface area (Å²) in [4.78, 5) is 17.5. The van der Waals surface area contributed by atoms with Crippen LogP contribution in [-0.2, 0) is 6.42 Å². The SMILES string of the molecule is CCNC(=NCCCc1c[nH]c2ccccc12)N1CCN(c2ccccn2)CC1. The van der Waals surface area contributed by atoms with Crippen LogP contribution in [0.15, 0.2) is 59.9 Å². The van der Waals surface area contributed by atoms with Gasteiger partial charge in [-0.2, -0.15) is 0 Å². The number of aliphatic imine (C=N–C) groups is 1. The van der Waals surface area contributed by atoms with Gasteiger partial charge in [-0.1, -0.05) is 24.3 Å². The van der Waals surface area contributed by atoms with Gasteiger partial charge in [0.15, 0.2) is 5.96 Å². The molecule has 3 heterocycles. The molecule has 3 aromatic rings. The number of fused-ring (bicyclic) bond motifs is 1. The predicted molar refractivity (Wildman–Crippen MR) is 121 cm³/mol. The van der Waals surface area contributed by atoms with E-state index in [1.807, 2.05) is 18.3 Å². The molecular weight excluding hydrogens is 360 g/mol. The summed E-state index contributed by atoms with van der Waals surface area (Å²) < 4.78 is 0. The first-order valence-corrected chi connectivity index (χ1v) is 10.6. The van der Waals surface area contributed by atoms with E-state index in [4.69, 9.17) is 4.99 Å². The highest BCUT2D eigenvalue weighted by molar-refractivity contribution is 5.83. The molecule has 152 valence electrons. The summed E-state index contributed by atoms with van der Waals surface area (Å²) in [5.41, 5.74) is 2.59. The molecule has 1 saturated heterocycles. The van der Waals surface area contributed by atoms with Crippen LogP contribution in [0.1, 0.15) is 18.9 Å². The van der Waals surface area contributed by atoms with Crippen molar-refractivity contribution < 1.29 is 0 Å². The zero-order chi connectivity index (χ0) is 19.9. The monoisotopic (exact) mass is 390 g/mol. The molecule has 1 fully saturated rings. The van der Waals surface area contributed by atoms with Crippen molar-refractivity contribution >= 4 is 22.7 Å². The highest BCUT2D eigenvalue weighted by Gasteiger charge is 2.20. The van der Waals surface area contributed by atoms with Crippen LogP contribution in [0.5, 0.6) is 0 Å².